The number of rotatable bonds is 2. The van der Waals surface area contributed by atoms with Crippen molar-refractivity contribution in [3.63, 3.8) is 0 Å². The molecule has 0 atom stereocenters. The molecule has 0 saturated carbocycles. The van der Waals surface area contributed by atoms with Gasteiger partial charge in [0.2, 0.25) is 0 Å². The van der Waals surface area contributed by atoms with E-state index in [-0.39, 0.29) is 0 Å². The molecule has 74 valence electrons. The van der Waals surface area contributed by atoms with Crippen LogP contribution in [-0.2, 0) is 4.79 Å². The fourth-order valence-electron chi connectivity index (χ4n) is 1.41. The Kier molecular flexibility index (Phi) is 4.07. The van der Waals surface area contributed by atoms with Gasteiger partial charge in [0.1, 0.15) is 5.16 Å². The Morgan fingerprint density at radius 1 is 1.15 bits per heavy atom. The number of nitrogens with zero attached hydrogens (tertiary/aromatic N) is 1. The number of halogens is 2. The normalized spacial score (nSPS) is 19.8. The lowest BCUT2D eigenvalue weighted by Gasteiger charge is -2.28. The van der Waals surface area contributed by atoms with E-state index in [9.17, 15) is 4.79 Å². The monoisotopic (exact) mass is 221 g/mol. The van der Waals surface area contributed by atoms with Crippen molar-refractivity contribution in [3.05, 3.63) is 10.7 Å². The van der Waals surface area contributed by atoms with Crippen molar-refractivity contribution in [2.75, 3.05) is 13.1 Å². The Bertz CT molecular complexity index is 232. The molecule has 0 amide bonds. The minimum absolute atomic E-state index is 0.449. The highest BCUT2D eigenvalue weighted by atomic mass is 35.5. The molecule has 4 heteroatoms. The zero-order valence-corrected chi connectivity index (χ0v) is 9.16. The third-order valence-corrected chi connectivity index (χ3v) is 3.04. The molecule has 1 heterocycles. The minimum atomic E-state index is -0.462. The van der Waals surface area contributed by atoms with Gasteiger partial charge < -0.3 is 4.90 Å². The van der Waals surface area contributed by atoms with Crippen molar-refractivity contribution in [1.29, 1.82) is 0 Å². The third kappa shape index (κ3) is 2.89. The molecule has 0 bridgehead atoms. The molecule has 1 rings (SSSR count). The van der Waals surface area contributed by atoms with Gasteiger partial charge in [-0.2, -0.15) is 0 Å². The molecule has 1 aliphatic heterocycles. The smallest absolute Gasteiger partial charge is 0.251 e. The van der Waals surface area contributed by atoms with E-state index >= 15 is 0 Å². The summed E-state index contributed by atoms with van der Waals surface area (Å²) in [7, 11) is 0. The molecule has 0 aromatic heterocycles. The van der Waals surface area contributed by atoms with Crippen LogP contribution in [0.1, 0.15) is 26.2 Å². The predicted molar refractivity (Wildman–Crippen MR) is 54.8 cm³/mol. The summed E-state index contributed by atoms with van der Waals surface area (Å²) >= 11 is 11.3. The standard InChI is InChI=1S/C9H13Cl2NO/c1-7(9(11)13)8(10)12-5-3-2-4-6-12/h2-6H2,1H3/b8-7+. The van der Waals surface area contributed by atoms with Gasteiger partial charge in [-0.25, -0.2) is 0 Å². The van der Waals surface area contributed by atoms with E-state index < -0.39 is 5.24 Å². The summed E-state index contributed by atoms with van der Waals surface area (Å²) in [4.78, 5) is 12.8. The second-order valence-corrected chi connectivity index (χ2v) is 3.94. The van der Waals surface area contributed by atoms with Crippen molar-refractivity contribution in [1.82, 2.24) is 4.90 Å². The van der Waals surface area contributed by atoms with Crippen LogP contribution in [0.3, 0.4) is 0 Å². The number of hydrogen-bond donors (Lipinski definition) is 0. The average molecular weight is 222 g/mol. The van der Waals surface area contributed by atoms with E-state index in [0.29, 0.717) is 10.7 Å². The number of piperidine rings is 1. The highest BCUT2D eigenvalue weighted by Gasteiger charge is 2.15. The lowest BCUT2D eigenvalue weighted by atomic mass is 10.1. The van der Waals surface area contributed by atoms with Crippen LogP contribution in [0.4, 0.5) is 0 Å². The van der Waals surface area contributed by atoms with E-state index in [0.717, 1.165) is 25.9 Å². The molecule has 0 aromatic rings. The van der Waals surface area contributed by atoms with Gasteiger partial charge in [-0.3, -0.25) is 4.79 Å². The van der Waals surface area contributed by atoms with Crippen molar-refractivity contribution in [2.24, 2.45) is 0 Å². The van der Waals surface area contributed by atoms with E-state index in [1.54, 1.807) is 6.92 Å². The van der Waals surface area contributed by atoms with Crippen molar-refractivity contribution in [3.8, 4) is 0 Å². The van der Waals surface area contributed by atoms with Gasteiger partial charge in [-0.05, 0) is 37.8 Å². The summed E-state index contributed by atoms with van der Waals surface area (Å²) in [5, 5.41) is 0.0512. The predicted octanol–water partition coefficient (Wildman–Crippen LogP) is 2.71. The third-order valence-electron chi connectivity index (χ3n) is 2.24. The first-order chi connectivity index (χ1) is 6.13. The maximum atomic E-state index is 10.8. The number of carbonyl (C=O) groups excluding carboxylic acids is 1. The van der Waals surface area contributed by atoms with Gasteiger partial charge in [0.25, 0.3) is 5.24 Å². The van der Waals surface area contributed by atoms with Crippen LogP contribution < -0.4 is 0 Å². The topological polar surface area (TPSA) is 20.3 Å². The van der Waals surface area contributed by atoms with Gasteiger partial charge in [-0.15, -0.1) is 0 Å². The SMILES string of the molecule is C/C(C(=O)Cl)=C(/Cl)N1CCCCC1. The summed E-state index contributed by atoms with van der Waals surface area (Å²) in [6.07, 6.45) is 3.52. The molecule has 1 aliphatic rings. The summed E-state index contributed by atoms with van der Waals surface area (Å²) in [5.74, 6) is 0. The van der Waals surface area contributed by atoms with Crippen LogP contribution in [-0.4, -0.2) is 23.2 Å². The van der Waals surface area contributed by atoms with Crippen LogP contribution in [0.2, 0.25) is 0 Å². The van der Waals surface area contributed by atoms with Gasteiger partial charge in [0.05, 0.1) is 0 Å². The zero-order valence-electron chi connectivity index (χ0n) is 7.65. The Morgan fingerprint density at radius 2 is 1.69 bits per heavy atom. The second kappa shape index (κ2) is 4.87. The maximum Gasteiger partial charge on any atom is 0.251 e. The molecule has 0 unspecified atom stereocenters. The summed E-state index contributed by atoms with van der Waals surface area (Å²) in [5.41, 5.74) is 0.449. The molecular weight excluding hydrogens is 209 g/mol. The number of hydrogen-bond acceptors (Lipinski definition) is 2. The lowest BCUT2D eigenvalue weighted by Crippen LogP contribution is -2.28. The Labute approximate surface area is 88.5 Å². The van der Waals surface area contributed by atoms with Crippen LogP contribution in [0.15, 0.2) is 10.7 Å². The molecule has 0 aliphatic carbocycles. The molecule has 1 fully saturated rings. The Hall–Kier alpha value is -0.210. The van der Waals surface area contributed by atoms with Gasteiger partial charge in [-0.1, -0.05) is 11.6 Å². The minimum Gasteiger partial charge on any atom is -0.362 e. The number of carbonyl (C=O) groups is 1. The van der Waals surface area contributed by atoms with E-state index in [2.05, 4.69) is 0 Å². The van der Waals surface area contributed by atoms with Gasteiger partial charge in [0, 0.05) is 18.7 Å². The van der Waals surface area contributed by atoms with Crippen LogP contribution >= 0.6 is 23.2 Å². The molecule has 0 radical (unpaired) electrons. The molecule has 0 aromatic carbocycles. The van der Waals surface area contributed by atoms with Crippen LogP contribution in [0.25, 0.3) is 0 Å². The van der Waals surface area contributed by atoms with E-state index in [4.69, 9.17) is 23.2 Å². The molecular formula is C9H13Cl2NO. The average Bonchev–Trinajstić information content (AvgIpc) is 2.17. The fourth-order valence-corrected chi connectivity index (χ4v) is 1.80. The maximum absolute atomic E-state index is 10.8. The van der Waals surface area contributed by atoms with Crippen LogP contribution in [0.5, 0.6) is 0 Å². The summed E-state index contributed by atoms with van der Waals surface area (Å²) < 4.78 is 0. The second-order valence-electron chi connectivity index (χ2n) is 3.24. The van der Waals surface area contributed by atoms with E-state index in [1.165, 1.54) is 6.42 Å². The first kappa shape index (κ1) is 10.9. The first-order valence-electron chi connectivity index (χ1n) is 4.44. The highest BCUT2D eigenvalue weighted by molar-refractivity contribution is 6.68. The molecule has 2 nitrogen and oxygen atoms in total. The molecule has 1 saturated heterocycles. The molecule has 13 heavy (non-hydrogen) atoms. The fraction of sp³-hybridized carbons (Fsp3) is 0.667. The molecule has 0 spiro atoms. The van der Waals surface area contributed by atoms with Crippen molar-refractivity contribution >= 4 is 28.4 Å². The largest absolute Gasteiger partial charge is 0.362 e. The van der Waals surface area contributed by atoms with E-state index in [1.807, 2.05) is 4.90 Å². The summed E-state index contributed by atoms with van der Waals surface area (Å²) in [6, 6.07) is 0. The van der Waals surface area contributed by atoms with Gasteiger partial charge in [0.15, 0.2) is 0 Å². The summed E-state index contributed by atoms with van der Waals surface area (Å²) in [6.45, 7) is 3.52. The molecule has 0 N–H and O–H groups in total. The Morgan fingerprint density at radius 3 is 2.15 bits per heavy atom. The quantitative estimate of drug-likeness (QED) is 0.406. The first-order valence-corrected chi connectivity index (χ1v) is 5.19. The Balaban J connectivity index is 2.68. The highest BCUT2D eigenvalue weighted by Crippen LogP contribution is 2.21. The zero-order chi connectivity index (χ0) is 9.84. The van der Waals surface area contributed by atoms with Crippen LogP contribution in [0, 0.1) is 0 Å². The number of allylic oxidation sites excluding steroid dienone is 1. The van der Waals surface area contributed by atoms with Crippen molar-refractivity contribution in [2.45, 2.75) is 26.2 Å². The van der Waals surface area contributed by atoms with Gasteiger partial charge >= 0.3 is 0 Å². The number of likely N-dealkylation sites (tertiary alicyclic amines) is 1. The lowest BCUT2D eigenvalue weighted by molar-refractivity contribution is -0.108. The van der Waals surface area contributed by atoms with Crippen molar-refractivity contribution < 1.29 is 4.79 Å².